The molecule has 22 heavy (non-hydrogen) atoms. The summed E-state index contributed by atoms with van der Waals surface area (Å²) in [6, 6.07) is 1.67. The van der Waals surface area contributed by atoms with E-state index in [0.717, 1.165) is 30.6 Å². The van der Waals surface area contributed by atoms with Gasteiger partial charge in [0.1, 0.15) is 11.5 Å². The number of carbonyl (C=O) groups excluding carboxylic acids is 1. The molecule has 6 nitrogen and oxygen atoms in total. The molecule has 0 radical (unpaired) electrons. The summed E-state index contributed by atoms with van der Waals surface area (Å²) in [5.41, 5.74) is 1.50. The van der Waals surface area contributed by atoms with E-state index in [9.17, 15) is 4.79 Å². The Hall–Kier alpha value is -2.11. The molecule has 0 saturated carbocycles. The van der Waals surface area contributed by atoms with E-state index in [-0.39, 0.29) is 11.3 Å². The van der Waals surface area contributed by atoms with Crippen LogP contribution in [0, 0.1) is 18.3 Å². The molecular weight excluding hydrogens is 282 g/mol. The lowest BCUT2D eigenvalue weighted by Crippen LogP contribution is -2.27. The molecule has 0 spiro atoms. The number of aromatic nitrogens is 2. The molecule has 2 heterocycles. The molecule has 0 aliphatic heterocycles. The van der Waals surface area contributed by atoms with Gasteiger partial charge in [-0.3, -0.25) is 4.79 Å². The maximum absolute atomic E-state index is 12.4. The number of nitrogens with one attached hydrogen (secondary N) is 1. The molecule has 0 bridgehead atoms. The number of hydrogen-bond acceptors (Lipinski definition) is 5. The van der Waals surface area contributed by atoms with E-state index >= 15 is 0 Å². The van der Waals surface area contributed by atoms with Gasteiger partial charge in [0.15, 0.2) is 11.5 Å². The highest BCUT2D eigenvalue weighted by Gasteiger charge is 2.34. The van der Waals surface area contributed by atoms with Crippen molar-refractivity contribution in [2.24, 2.45) is 11.3 Å². The van der Waals surface area contributed by atoms with E-state index in [0.29, 0.717) is 23.2 Å². The van der Waals surface area contributed by atoms with Gasteiger partial charge in [0.25, 0.3) is 5.91 Å². The van der Waals surface area contributed by atoms with E-state index in [1.165, 1.54) is 0 Å². The quantitative estimate of drug-likeness (QED) is 0.919. The zero-order chi connectivity index (χ0) is 15.9. The molecule has 1 aliphatic carbocycles. The Balaban J connectivity index is 1.81. The summed E-state index contributed by atoms with van der Waals surface area (Å²) < 4.78 is 10.3. The maximum Gasteiger partial charge on any atom is 0.279 e. The van der Waals surface area contributed by atoms with Crippen molar-refractivity contribution in [2.75, 3.05) is 5.32 Å². The first-order chi connectivity index (χ1) is 10.3. The van der Waals surface area contributed by atoms with Crippen LogP contribution in [0.4, 0.5) is 5.82 Å². The fourth-order valence-corrected chi connectivity index (χ4v) is 2.92. The third-order valence-corrected chi connectivity index (χ3v) is 4.35. The predicted molar refractivity (Wildman–Crippen MR) is 80.7 cm³/mol. The minimum Gasteiger partial charge on any atom is -0.360 e. The van der Waals surface area contributed by atoms with Crippen molar-refractivity contribution in [1.29, 1.82) is 0 Å². The van der Waals surface area contributed by atoms with E-state index in [4.69, 9.17) is 9.05 Å². The van der Waals surface area contributed by atoms with Gasteiger partial charge < -0.3 is 14.4 Å². The zero-order valence-corrected chi connectivity index (χ0v) is 13.4. The first-order valence-electron chi connectivity index (χ1n) is 7.56. The molecule has 1 atom stereocenters. The minimum atomic E-state index is -0.298. The Morgan fingerprint density at radius 1 is 1.32 bits per heavy atom. The van der Waals surface area contributed by atoms with Crippen LogP contribution in [-0.4, -0.2) is 16.2 Å². The second-order valence-corrected chi connectivity index (χ2v) is 7.02. The average Bonchev–Trinajstić information content (AvgIpc) is 3.03. The van der Waals surface area contributed by atoms with Gasteiger partial charge in [-0.05, 0) is 31.1 Å². The lowest BCUT2D eigenvalue weighted by molar-refractivity contribution is 0.101. The normalized spacial score (nSPS) is 18.1. The van der Waals surface area contributed by atoms with Crippen molar-refractivity contribution in [1.82, 2.24) is 10.3 Å². The molecule has 0 aromatic carbocycles. The van der Waals surface area contributed by atoms with E-state index < -0.39 is 0 Å². The molecule has 2 aromatic heterocycles. The van der Waals surface area contributed by atoms with Crippen molar-refractivity contribution >= 4 is 11.7 Å². The van der Waals surface area contributed by atoms with Gasteiger partial charge in [-0.2, -0.15) is 0 Å². The summed E-state index contributed by atoms with van der Waals surface area (Å²) in [5, 5.41) is 10.4. The molecule has 1 amide bonds. The van der Waals surface area contributed by atoms with Gasteiger partial charge in [0, 0.05) is 18.1 Å². The second kappa shape index (κ2) is 5.26. The molecule has 2 aromatic rings. The largest absolute Gasteiger partial charge is 0.360 e. The lowest BCUT2D eigenvalue weighted by Gasteiger charge is -2.33. The molecule has 118 valence electrons. The number of carbonyl (C=O) groups is 1. The Kier molecular flexibility index (Phi) is 3.54. The number of amides is 1. The predicted octanol–water partition coefficient (Wildman–Crippen LogP) is 3.37. The van der Waals surface area contributed by atoms with Gasteiger partial charge in [0.05, 0.1) is 0 Å². The minimum absolute atomic E-state index is 0.200. The fraction of sp³-hybridized carbons (Fsp3) is 0.562. The molecule has 0 fully saturated rings. The highest BCUT2D eigenvalue weighted by molar-refractivity contribution is 6.03. The molecule has 6 heteroatoms. The molecule has 1 aliphatic rings. The van der Waals surface area contributed by atoms with Crippen LogP contribution in [0.3, 0.4) is 0 Å². The SMILES string of the molecule is Cc1cc(NC(=O)c2noc3c2CC(C(C)(C)C)CC3)no1. The Morgan fingerprint density at radius 3 is 2.73 bits per heavy atom. The standard InChI is InChI=1S/C16H21N3O3/c1-9-7-13(18-21-9)17-15(20)14-11-8-10(16(2,3)4)5-6-12(11)22-19-14/h7,10H,5-6,8H2,1-4H3,(H,17,18,20). The Labute approximate surface area is 129 Å². The van der Waals surface area contributed by atoms with Gasteiger partial charge in [-0.15, -0.1) is 0 Å². The van der Waals surface area contributed by atoms with Crippen LogP contribution >= 0.6 is 0 Å². The van der Waals surface area contributed by atoms with E-state index in [2.05, 4.69) is 36.4 Å². The number of aryl methyl sites for hydroxylation is 2. The van der Waals surface area contributed by atoms with Crippen molar-refractivity contribution in [3.63, 3.8) is 0 Å². The molecule has 1 N–H and O–H groups in total. The van der Waals surface area contributed by atoms with Crippen LogP contribution in [0.15, 0.2) is 15.1 Å². The van der Waals surface area contributed by atoms with Gasteiger partial charge >= 0.3 is 0 Å². The number of anilines is 1. The van der Waals surface area contributed by atoms with Crippen LogP contribution in [-0.2, 0) is 12.8 Å². The fourth-order valence-electron chi connectivity index (χ4n) is 2.92. The third-order valence-electron chi connectivity index (χ3n) is 4.35. The Morgan fingerprint density at radius 2 is 2.09 bits per heavy atom. The third kappa shape index (κ3) is 2.77. The molecule has 1 unspecified atom stereocenters. The van der Waals surface area contributed by atoms with Gasteiger partial charge in [0.2, 0.25) is 0 Å². The highest BCUT2D eigenvalue weighted by atomic mass is 16.5. The van der Waals surface area contributed by atoms with Crippen LogP contribution in [0.1, 0.15) is 54.8 Å². The summed E-state index contributed by atoms with van der Waals surface area (Å²) in [6.45, 7) is 8.46. The van der Waals surface area contributed by atoms with E-state index in [1.807, 2.05) is 0 Å². The van der Waals surface area contributed by atoms with E-state index in [1.54, 1.807) is 13.0 Å². The highest BCUT2D eigenvalue weighted by Crippen LogP contribution is 2.38. The monoisotopic (exact) mass is 303 g/mol. The van der Waals surface area contributed by atoms with Crippen molar-refractivity contribution in [3.05, 3.63) is 28.8 Å². The first-order valence-corrected chi connectivity index (χ1v) is 7.56. The summed E-state index contributed by atoms with van der Waals surface area (Å²) in [6.07, 6.45) is 2.72. The van der Waals surface area contributed by atoms with Crippen molar-refractivity contribution < 1.29 is 13.8 Å². The number of rotatable bonds is 2. The maximum atomic E-state index is 12.4. The van der Waals surface area contributed by atoms with Crippen LogP contribution in [0.2, 0.25) is 0 Å². The summed E-state index contributed by atoms with van der Waals surface area (Å²) in [4.78, 5) is 12.4. The average molecular weight is 303 g/mol. The van der Waals surface area contributed by atoms with Crippen LogP contribution < -0.4 is 5.32 Å². The number of nitrogens with zero attached hydrogens (tertiary/aromatic N) is 2. The van der Waals surface area contributed by atoms with Crippen molar-refractivity contribution in [3.8, 4) is 0 Å². The van der Waals surface area contributed by atoms with Gasteiger partial charge in [-0.1, -0.05) is 31.1 Å². The summed E-state index contributed by atoms with van der Waals surface area (Å²) >= 11 is 0. The zero-order valence-electron chi connectivity index (χ0n) is 13.4. The summed E-state index contributed by atoms with van der Waals surface area (Å²) in [7, 11) is 0. The Bertz CT molecular complexity index is 694. The second-order valence-electron chi connectivity index (χ2n) is 7.02. The number of fused-ring (bicyclic) bond motifs is 1. The lowest BCUT2D eigenvalue weighted by atomic mass is 9.71. The van der Waals surface area contributed by atoms with Crippen LogP contribution in [0.5, 0.6) is 0 Å². The topological polar surface area (TPSA) is 81.2 Å². The van der Waals surface area contributed by atoms with Crippen molar-refractivity contribution in [2.45, 2.75) is 47.0 Å². The molecule has 3 rings (SSSR count). The summed E-state index contributed by atoms with van der Waals surface area (Å²) in [5.74, 6) is 2.09. The number of hydrogen-bond donors (Lipinski definition) is 1. The molecular formula is C16H21N3O3. The first kappa shape index (κ1) is 14.8. The van der Waals surface area contributed by atoms with Gasteiger partial charge in [-0.25, -0.2) is 0 Å². The molecule has 0 saturated heterocycles. The van der Waals surface area contributed by atoms with Crippen LogP contribution in [0.25, 0.3) is 0 Å². The smallest absolute Gasteiger partial charge is 0.279 e.